The molecule has 0 N–H and O–H groups in total. The summed E-state index contributed by atoms with van der Waals surface area (Å²) in [5, 5.41) is 0. The van der Waals surface area contributed by atoms with Gasteiger partial charge in [0.25, 0.3) is 0 Å². The number of hydrogen-bond acceptors (Lipinski definition) is 1. The topological polar surface area (TPSA) is 17.1 Å². The molecule has 0 aliphatic heterocycles. The number of rotatable bonds is 6. The standard InChI is InChI=1S/C21H21OP/c22-23(16-19-10-4-1-5-11-19,17-20-12-6-2-7-13-20)18-21-14-8-3-9-15-21/h1-15H,16-18H2. The summed E-state index contributed by atoms with van der Waals surface area (Å²) >= 11 is 0. The SMILES string of the molecule is O=P(Cc1ccccc1)(Cc1ccccc1)Cc1ccccc1. The van der Waals surface area contributed by atoms with E-state index in [4.69, 9.17) is 0 Å². The molecule has 3 aromatic rings. The van der Waals surface area contributed by atoms with Crippen molar-refractivity contribution in [2.75, 3.05) is 0 Å². The quantitative estimate of drug-likeness (QED) is 0.513. The van der Waals surface area contributed by atoms with Crippen molar-refractivity contribution >= 4 is 7.14 Å². The van der Waals surface area contributed by atoms with E-state index < -0.39 is 7.14 Å². The lowest BCUT2D eigenvalue weighted by Gasteiger charge is -2.19. The highest BCUT2D eigenvalue weighted by Gasteiger charge is 2.23. The Labute approximate surface area is 138 Å². The van der Waals surface area contributed by atoms with Crippen molar-refractivity contribution in [1.29, 1.82) is 0 Å². The third-order valence-corrected chi connectivity index (χ3v) is 6.77. The monoisotopic (exact) mass is 320 g/mol. The molecule has 0 amide bonds. The summed E-state index contributed by atoms with van der Waals surface area (Å²) in [6.07, 6.45) is 1.95. The lowest BCUT2D eigenvalue weighted by atomic mass is 10.2. The second-order valence-corrected chi connectivity index (χ2v) is 9.05. The second kappa shape index (κ2) is 7.44. The van der Waals surface area contributed by atoms with Crippen LogP contribution in [0.1, 0.15) is 16.7 Å². The Morgan fingerprint density at radius 1 is 0.478 bits per heavy atom. The lowest BCUT2D eigenvalue weighted by molar-refractivity contribution is 0.572. The molecule has 1 nitrogen and oxygen atoms in total. The van der Waals surface area contributed by atoms with Crippen LogP contribution in [0, 0.1) is 0 Å². The molecule has 0 saturated heterocycles. The highest BCUT2D eigenvalue weighted by Crippen LogP contribution is 2.55. The van der Waals surface area contributed by atoms with Crippen LogP contribution in [-0.4, -0.2) is 0 Å². The molecule has 0 bridgehead atoms. The fraction of sp³-hybridized carbons (Fsp3) is 0.143. The third kappa shape index (κ3) is 4.68. The highest BCUT2D eigenvalue weighted by molar-refractivity contribution is 7.61. The Kier molecular flexibility index (Phi) is 5.10. The van der Waals surface area contributed by atoms with Crippen LogP contribution in [-0.2, 0) is 23.1 Å². The van der Waals surface area contributed by atoms with Crippen LogP contribution in [0.2, 0.25) is 0 Å². The zero-order chi connectivity index (χ0) is 16.0. The number of hydrogen-bond donors (Lipinski definition) is 0. The molecule has 0 aliphatic rings. The van der Waals surface area contributed by atoms with Crippen molar-refractivity contribution < 1.29 is 4.57 Å². The minimum absolute atomic E-state index is 0.650. The zero-order valence-electron chi connectivity index (χ0n) is 13.1. The van der Waals surface area contributed by atoms with Crippen LogP contribution < -0.4 is 0 Å². The van der Waals surface area contributed by atoms with Crippen molar-refractivity contribution in [2.45, 2.75) is 18.5 Å². The molecular weight excluding hydrogens is 299 g/mol. The van der Waals surface area contributed by atoms with E-state index >= 15 is 0 Å². The van der Waals surface area contributed by atoms with E-state index in [0.717, 1.165) is 16.7 Å². The van der Waals surface area contributed by atoms with E-state index in [1.807, 2.05) is 54.6 Å². The van der Waals surface area contributed by atoms with Crippen LogP contribution in [0.15, 0.2) is 91.0 Å². The predicted octanol–water partition coefficient (Wildman–Crippen LogP) is 5.95. The Hall–Kier alpha value is -2.11. The van der Waals surface area contributed by atoms with Gasteiger partial charge < -0.3 is 4.57 Å². The van der Waals surface area contributed by atoms with Gasteiger partial charge in [-0.3, -0.25) is 0 Å². The molecule has 0 fully saturated rings. The predicted molar refractivity (Wildman–Crippen MR) is 98.0 cm³/mol. The summed E-state index contributed by atoms with van der Waals surface area (Å²) in [5.74, 6) is 0. The van der Waals surface area contributed by atoms with Crippen LogP contribution in [0.5, 0.6) is 0 Å². The normalized spacial score (nSPS) is 11.3. The Morgan fingerprint density at radius 2 is 0.739 bits per heavy atom. The Bertz CT molecular complexity index is 659. The molecule has 0 aromatic heterocycles. The van der Waals surface area contributed by atoms with Gasteiger partial charge in [-0.05, 0) is 16.7 Å². The van der Waals surface area contributed by atoms with Crippen molar-refractivity contribution in [3.05, 3.63) is 108 Å². The van der Waals surface area contributed by atoms with Crippen molar-refractivity contribution in [2.24, 2.45) is 0 Å². The first-order valence-electron chi connectivity index (χ1n) is 7.92. The van der Waals surface area contributed by atoms with Gasteiger partial charge in [0.05, 0.1) is 0 Å². The first-order valence-corrected chi connectivity index (χ1v) is 10.2. The molecule has 3 rings (SSSR count). The highest BCUT2D eigenvalue weighted by atomic mass is 31.2. The average molecular weight is 320 g/mol. The molecule has 3 aromatic carbocycles. The van der Waals surface area contributed by atoms with E-state index in [2.05, 4.69) is 36.4 Å². The maximum atomic E-state index is 13.7. The zero-order valence-corrected chi connectivity index (χ0v) is 14.0. The van der Waals surface area contributed by atoms with Crippen LogP contribution >= 0.6 is 7.14 Å². The van der Waals surface area contributed by atoms with Gasteiger partial charge in [-0.1, -0.05) is 91.0 Å². The van der Waals surface area contributed by atoms with E-state index in [1.165, 1.54) is 0 Å². The lowest BCUT2D eigenvalue weighted by Crippen LogP contribution is -1.97. The van der Waals surface area contributed by atoms with Gasteiger partial charge in [0.1, 0.15) is 7.14 Å². The van der Waals surface area contributed by atoms with Gasteiger partial charge >= 0.3 is 0 Å². The van der Waals surface area contributed by atoms with E-state index in [0.29, 0.717) is 18.5 Å². The molecule has 0 saturated carbocycles. The maximum absolute atomic E-state index is 13.7. The van der Waals surface area contributed by atoms with Crippen molar-refractivity contribution in [1.82, 2.24) is 0 Å². The number of benzene rings is 3. The molecule has 0 atom stereocenters. The molecule has 0 aliphatic carbocycles. The van der Waals surface area contributed by atoms with Gasteiger partial charge in [0, 0.05) is 18.5 Å². The summed E-state index contributed by atoms with van der Waals surface area (Å²) in [6, 6.07) is 30.6. The second-order valence-electron chi connectivity index (χ2n) is 5.99. The minimum atomic E-state index is -2.39. The smallest absolute Gasteiger partial charge is 0.100 e. The Balaban J connectivity index is 1.87. The Morgan fingerprint density at radius 3 is 1.00 bits per heavy atom. The molecule has 23 heavy (non-hydrogen) atoms. The maximum Gasteiger partial charge on any atom is 0.100 e. The molecule has 2 heteroatoms. The van der Waals surface area contributed by atoms with Crippen molar-refractivity contribution in [3.63, 3.8) is 0 Å². The van der Waals surface area contributed by atoms with Crippen LogP contribution in [0.4, 0.5) is 0 Å². The fourth-order valence-electron chi connectivity index (χ4n) is 2.92. The van der Waals surface area contributed by atoms with E-state index in [9.17, 15) is 4.57 Å². The van der Waals surface area contributed by atoms with Gasteiger partial charge in [0.2, 0.25) is 0 Å². The van der Waals surface area contributed by atoms with Gasteiger partial charge in [0.15, 0.2) is 0 Å². The summed E-state index contributed by atoms with van der Waals surface area (Å²) in [6.45, 7) is 0. The van der Waals surface area contributed by atoms with E-state index in [-0.39, 0.29) is 0 Å². The fourth-order valence-corrected chi connectivity index (χ4v) is 5.88. The van der Waals surface area contributed by atoms with Gasteiger partial charge in [-0.2, -0.15) is 0 Å². The largest absolute Gasteiger partial charge is 0.323 e. The van der Waals surface area contributed by atoms with Crippen molar-refractivity contribution in [3.8, 4) is 0 Å². The summed E-state index contributed by atoms with van der Waals surface area (Å²) in [4.78, 5) is 0. The average Bonchev–Trinajstić information content (AvgIpc) is 2.57. The minimum Gasteiger partial charge on any atom is -0.323 e. The molecule has 0 spiro atoms. The van der Waals surface area contributed by atoms with Crippen LogP contribution in [0.25, 0.3) is 0 Å². The van der Waals surface area contributed by atoms with Gasteiger partial charge in [-0.25, -0.2) is 0 Å². The molecule has 0 unspecified atom stereocenters. The summed E-state index contributed by atoms with van der Waals surface area (Å²) in [5.41, 5.74) is 3.47. The molecule has 116 valence electrons. The molecule has 0 heterocycles. The third-order valence-electron chi connectivity index (χ3n) is 3.94. The van der Waals surface area contributed by atoms with Crippen LogP contribution in [0.3, 0.4) is 0 Å². The summed E-state index contributed by atoms with van der Waals surface area (Å²) in [7, 11) is -2.39. The van der Waals surface area contributed by atoms with Gasteiger partial charge in [-0.15, -0.1) is 0 Å². The molecular formula is C21H21OP. The van der Waals surface area contributed by atoms with E-state index in [1.54, 1.807) is 0 Å². The first kappa shape index (κ1) is 15.8. The summed E-state index contributed by atoms with van der Waals surface area (Å²) < 4.78 is 13.7. The first-order chi connectivity index (χ1) is 11.2. The molecule has 0 radical (unpaired) electrons.